The first-order chi connectivity index (χ1) is 12.7. The van der Waals surface area contributed by atoms with E-state index in [1.165, 1.54) is 12.1 Å². The lowest BCUT2D eigenvalue weighted by Gasteiger charge is -2.26. The van der Waals surface area contributed by atoms with Crippen molar-refractivity contribution in [1.82, 2.24) is 10.2 Å². The molecule has 0 bridgehead atoms. The molecule has 1 atom stereocenters. The number of carbonyl (C=O) groups excluding carboxylic acids is 1. The maximum atomic E-state index is 12.6. The van der Waals surface area contributed by atoms with Crippen LogP contribution in [0.25, 0.3) is 0 Å². The normalized spacial score (nSPS) is 12.7. The number of nitrogens with zero attached hydrogens (tertiary/aromatic N) is 1. The van der Waals surface area contributed by atoms with E-state index >= 15 is 0 Å². The fourth-order valence-electron chi connectivity index (χ4n) is 2.78. The fraction of sp³-hybridized carbons (Fsp3) is 0.350. The number of para-hydroxylation sites is 1. The summed E-state index contributed by atoms with van der Waals surface area (Å²) >= 11 is 0. The van der Waals surface area contributed by atoms with E-state index in [-0.39, 0.29) is 18.4 Å². The highest BCUT2D eigenvalue weighted by Crippen LogP contribution is 2.29. The van der Waals surface area contributed by atoms with Crippen molar-refractivity contribution in [2.24, 2.45) is 0 Å². The van der Waals surface area contributed by atoms with Gasteiger partial charge in [-0.25, -0.2) is 0 Å². The molecule has 0 aliphatic heterocycles. The third-order valence-corrected chi connectivity index (χ3v) is 4.26. The van der Waals surface area contributed by atoms with E-state index < -0.39 is 11.7 Å². The molecule has 2 aromatic rings. The monoisotopic (exact) mass is 380 g/mol. The Morgan fingerprint density at radius 1 is 1.11 bits per heavy atom. The van der Waals surface area contributed by atoms with Crippen LogP contribution in [-0.2, 0) is 17.4 Å². The molecule has 0 heterocycles. The molecular weight excluding hydrogens is 357 g/mol. The van der Waals surface area contributed by atoms with Gasteiger partial charge in [-0.1, -0.05) is 30.3 Å². The van der Waals surface area contributed by atoms with Gasteiger partial charge in [-0.3, -0.25) is 4.79 Å². The minimum atomic E-state index is -4.38. The van der Waals surface area contributed by atoms with Crippen LogP contribution in [0.15, 0.2) is 48.5 Å². The average molecular weight is 380 g/mol. The predicted molar refractivity (Wildman–Crippen MR) is 97.6 cm³/mol. The highest BCUT2D eigenvalue weighted by Gasteiger charge is 2.30. The Balaban J connectivity index is 2.00. The second kappa shape index (κ2) is 8.90. The quantitative estimate of drug-likeness (QED) is 0.797. The molecule has 146 valence electrons. The third kappa shape index (κ3) is 5.72. The molecule has 0 fully saturated rings. The van der Waals surface area contributed by atoms with Crippen molar-refractivity contribution in [3.05, 3.63) is 65.2 Å². The minimum Gasteiger partial charge on any atom is -0.496 e. The molecule has 0 saturated heterocycles. The maximum absolute atomic E-state index is 12.6. The van der Waals surface area contributed by atoms with E-state index in [1.54, 1.807) is 7.11 Å². The van der Waals surface area contributed by atoms with Gasteiger partial charge in [-0.05, 0) is 37.9 Å². The SMILES string of the molecule is COc1ccccc1C(CNC(=O)Cc1ccc(C(F)(F)F)cc1)N(C)C. The second-order valence-corrected chi connectivity index (χ2v) is 6.40. The van der Waals surface area contributed by atoms with Crippen molar-refractivity contribution in [3.8, 4) is 5.75 Å². The number of halogens is 3. The minimum absolute atomic E-state index is 0.0181. The predicted octanol–water partition coefficient (Wildman–Crippen LogP) is 3.68. The summed E-state index contributed by atoms with van der Waals surface area (Å²) in [6, 6.07) is 12.1. The van der Waals surface area contributed by atoms with E-state index in [0.29, 0.717) is 12.1 Å². The first-order valence-electron chi connectivity index (χ1n) is 8.44. The number of carbonyl (C=O) groups is 1. The van der Waals surface area contributed by atoms with Gasteiger partial charge in [-0.2, -0.15) is 13.2 Å². The van der Waals surface area contributed by atoms with Gasteiger partial charge in [0.05, 0.1) is 25.1 Å². The molecule has 2 aromatic carbocycles. The zero-order valence-corrected chi connectivity index (χ0v) is 15.5. The number of ether oxygens (including phenoxy) is 1. The number of nitrogens with one attached hydrogen (secondary N) is 1. The number of alkyl halides is 3. The summed E-state index contributed by atoms with van der Waals surface area (Å²) in [6.45, 7) is 0.354. The van der Waals surface area contributed by atoms with Crippen LogP contribution in [0.5, 0.6) is 5.75 Å². The topological polar surface area (TPSA) is 41.6 Å². The molecule has 0 aliphatic rings. The molecule has 0 aliphatic carbocycles. The second-order valence-electron chi connectivity index (χ2n) is 6.40. The fourth-order valence-corrected chi connectivity index (χ4v) is 2.78. The highest BCUT2D eigenvalue weighted by atomic mass is 19.4. The van der Waals surface area contributed by atoms with E-state index in [1.807, 2.05) is 43.3 Å². The molecule has 1 amide bonds. The Labute approximate surface area is 156 Å². The van der Waals surface area contributed by atoms with E-state index in [2.05, 4.69) is 5.32 Å². The van der Waals surface area contributed by atoms with Crippen molar-refractivity contribution in [2.75, 3.05) is 27.7 Å². The zero-order chi connectivity index (χ0) is 20.0. The Kier molecular flexibility index (Phi) is 6.85. The first kappa shape index (κ1) is 20.8. The Hall–Kier alpha value is -2.54. The Morgan fingerprint density at radius 2 is 1.74 bits per heavy atom. The van der Waals surface area contributed by atoms with Crippen LogP contribution in [0.3, 0.4) is 0 Å². The molecule has 0 saturated carbocycles. The summed E-state index contributed by atoms with van der Waals surface area (Å²) < 4.78 is 43.2. The molecule has 4 nitrogen and oxygen atoms in total. The lowest BCUT2D eigenvalue weighted by Crippen LogP contribution is -2.35. The third-order valence-electron chi connectivity index (χ3n) is 4.26. The van der Waals surface area contributed by atoms with Crippen LogP contribution in [-0.4, -0.2) is 38.6 Å². The van der Waals surface area contributed by atoms with Crippen LogP contribution in [0.2, 0.25) is 0 Å². The molecule has 1 unspecified atom stereocenters. The number of likely N-dealkylation sites (N-methyl/N-ethyl adjacent to an activating group) is 1. The van der Waals surface area contributed by atoms with Crippen molar-refractivity contribution >= 4 is 5.91 Å². The first-order valence-corrected chi connectivity index (χ1v) is 8.44. The summed E-state index contributed by atoms with van der Waals surface area (Å²) in [7, 11) is 5.40. The standard InChI is InChI=1S/C20H23F3N2O2/c1-25(2)17(16-6-4-5-7-18(16)27-3)13-24-19(26)12-14-8-10-15(11-9-14)20(21,22)23/h4-11,17H,12-13H2,1-3H3,(H,24,26). The summed E-state index contributed by atoms with van der Waals surface area (Å²) in [6.07, 6.45) is -4.36. The van der Waals surface area contributed by atoms with Gasteiger partial charge in [-0.15, -0.1) is 0 Å². The average Bonchev–Trinajstić information content (AvgIpc) is 2.61. The maximum Gasteiger partial charge on any atom is 0.416 e. The van der Waals surface area contributed by atoms with Crippen LogP contribution in [0, 0.1) is 0 Å². The van der Waals surface area contributed by atoms with Gasteiger partial charge in [0.15, 0.2) is 0 Å². The molecule has 7 heteroatoms. The van der Waals surface area contributed by atoms with E-state index in [4.69, 9.17) is 4.74 Å². The molecule has 0 aromatic heterocycles. The largest absolute Gasteiger partial charge is 0.496 e. The summed E-state index contributed by atoms with van der Waals surface area (Å²) in [4.78, 5) is 14.2. The highest BCUT2D eigenvalue weighted by molar-refractivity contribution is 5.78. The lowest BCUT2D eigenvalue weighted by atomic mass is 10.0. The zero-order valence-electron chi connectivity index (χ0n) is 15.5. The molecule has 27 heavy (non-hydrogen) atoms. The Bertz CT molecular complexity index is 759. The van der Waals surface area contributed by atoms with Crippen molar-refractivity contribution in [1.29, 1.82) is 0 Å². The van der Waals surface area contributed by atoms with Gasteiger partial charge >= 0.3 is 6.18 Å². The van der Waals surface area contributed by atoms with Gasteiger partial charge < -0.3 is 15.0 Å². The molecular formula is C20H23F3N2O2. The van der Waals surface area contributed by atoms with Crippen LogP contribution in [0.4, 0.5) is 13.2 Å². The Morgan fingerprint density at radius 3 is 2.30 bits per heavy atom. The number of hydrogen-bond acceptors (Lipinski definition) is 3. The van der Waals surface area contributed by atoms with E-state index in [0.717, 1.165) is 23.4 Å². The number of rotatable bonds is 7. The van der Waals surface area contributed by atoms with Gasteiger partial charge in [0.25, 0.3) is 0 Å². The molecule has 2 rings (SSSR count). The summed E-state index contributed by atoms with van der Waals surface area (Å²) in [5.41, 5.74) is 0.745. The van der Waals surface area contributed by atoms with Crippen molar-refractivity contribution < 1.29 is 22.7 Å². The van der Waals surface area contributed by atoms with Gasteiger partial charge in [0.1, 0.15) is 5.75 Å². The van der Waals surface area contributed by atoms with Crippen LogP contribution in [0.1, 0.15) is 22.7 Å². The van der Waals surface area contributed by atoms with Crippen LogP contribution >= 0.6 is 0 Å². The molecule has 0 spiro atoms. The van der Waals surface area contributed by atoms with E-state index in [9.17, 15) is 18.0 Å². The van der Waals surface area contributed by atoms with Crippen molar-refractivity contribution in [3.63, 3.8) is 0 Å². The number of benzene rings is 2. The van der Waals surface area contributed by atoms with Crippen molar-refractivity contribution in [2.45, 2.75) is 18.6 Å². The number of hydrogen-bond donors (Lipinski definition) is 1. The smallest absolute Gasteiger partial charge is 0.416 e. The summed E-state index contributed by atoms with van der Waals surface area (Å²) in [5.74, 6) is 0.477. The number of methoxy groups -OCH3 is 1. The summed E-state index contributed by atoms with van der Waals surface area (Å²) in [5, 5.41) is 2.85. The molecule has 0 radical (unpaired) electrons. The lowest BCUT2D eigenvalue weighted by molar-refractivity contribution is -0.137. The van der Waals surface area contributed by atoms with Crippen LogP contribution < -0.4 is 10.1 Å². The number of amides is 1. The van der Waals surface area contributed by atoms with Gasteiger partial charge in [0, 0.05) is 12.1 Å². The van der Waals surface area contributed by atoms with Gasteiger partial charge in [0.2, 0.25) is 5.91 Å². The molecule has 1 N–H and O–H groups in total.